The van der Waals surface area contributed by atoms with Crippen molar-refractivity contribution in [3.05, 3.63) is 52.3 Å². The summed E-state index contributed by atoms with van der Waals surface area (Å²) < 4.78 is 2.67. The van der Waals surface area contributed by atoms with Gasteiger partial charge in [0.25, 0.3) is 5.91 Å². The number of carboxylic acids is 1. The monoisotopic (exact) mass is 350 g/mol. The predicted molar refractivity (Wildman–Crippen MR) is 83.9 cm³/mol. The zero-order valence-corrected chi connectivity index (χ0v) is 13.2. The Labute approximate surface area is 130 Å². The maximum Gasteiger partial charge on any atom is 0.335 e. The van der Waals surface area contributed by atoms with Crippen LogP contribution in [-0.4, -0.2) is 21.6 Å². The van der Waals surface area contributed by atoms with E-state index in [0.717, 1.165) is 4.47 Å². The van der Waals surface area contributed by atoms with Crippen molar-refractivity contribution in [1.29, 1.82) is 0 Å². The molecule has 0 unspecified atom stereocenters. The van der Waals surface area contributed by atoms with Crippen molar-refractivity contribution in [2.45, 2.75) is 19.9 Å². The number of carboxylic acid groups (broad SMARTS) is 1. The van der Waals surface area contributed by atoms with Crippen LogP contribution in [0, 0.1) is 0 Å². The molecule has 0 saturated heterocycles. The van der Waals surface area contributed by atoms with Crippen LogP contribution in [0.2, 0.25) is 0 Å². The second-order valence-corrected chi connectivity index (χ2v) is 5.80. The molecule has 0 fully saturated rings. The van der Waals surface area contributed by atoms with Gasteiger partial charge in [0, 0.05) is 22.4 Å². The fourth-order valence-corrected chi connectivity index (χ4v) is 2.42. The van der Waals surface area contributed by atoms with Crippen LogP contribution < -0.4 is 5.32 Å². The van der Waals surface area contributed by atoms with Crippen LogP contribution in [0.4, 0.5) is 5.69 Å². The van der Waals surface area contributed by atoms with E-state index in [4.69, 9.17) is 5.11 Å². The van der Waals surface area contributed by atoms with E-state index in [-0.39, 0.29) is 17.5 Å². The number of nitrogens with zero attached hydrogens (tertiary/aromatic N) is 1. The van der Waals surface area contributed by atoms with Crippen LogP contribution in [0.1, 0.15) is 40.7 Å². The van der Waals surface area contributed by atoms with Crippen LogP contribution in [0.5, 0.6) is 0 Å². The van der Waals surface area contributed by atoms with E-state index in [2.05, 4.69) is 21.2 Å². The molecule has 1 aromatic heterocycles. The molecule has 0 bridgehead atoms. The fraction of sp³-hybridized carbons (Fsp3) is 0.200. The highest BCUT2D eigenvalue weighted by molar-refractivity contribution is 9.10. The van der Waals surface area contributed by atoms with E-state index in [1.54, 1.807) is 18.2 Å². The molecular formula is C15H15BrN2O3. The van der Waals surface area contributed by atoms with Gasteiger partial charge in [0.1, 0.15) is 5.69 Å². The number of benzene rings is 1. The summed E-state index contributed by atoms with van der Waals surface area (Å²) in [5, 5.41) is 11.7. The normalized spacial score (nSPS) is 10.7. The summed E-state index contributed by atoms with van der Waals surface area (Å²) in [6, 6.07) is 8.03. The minimum Gasteiger partial charge on any atom is -0.478 e. The average Bonchev–Trinajstić information content (AvgIpc) is 2.81. The van der Waals surface area contributed by atoms with E-state index in [0.29, 0.717) is 11.4 Å². The number of rotatable bonds is 4. The molecule has 2 N–H and O–H groups in total. The fourth-order valence-electron chi connectivity index (χ4n) is 1.98. The molecule has 1 heterocycles. The standard InChI is InChI=1S/C15H15BrN2O3/c1-9(2)18-8-11(16)7-13(18)14(19)17-12-5-3-4-10(6-12)15(20)21/h3-9H,1-2H3,(H,17,19)(H,20,21). The van der Waals surface area contributed by atoms with Crippen molar-refractivity contribution < 1.29 is 14.7 Å². The van der Waals surface area contributed by atoms with Gasteiger partial charge in [0.2, 0.25) is 0 Å². The zero-order valence-electron chi connectivity index (χ0n) is 11.6. The SMILES string of the molecule is CC(C)n1cc(Br)cc1C(=O)Nc1cccc(C(=O)O)c1. The van der Waals surface area contributed by atoms with Crippen molar-refractivity contribution in [2.24, 2.45) is 0 Å². The lowest BCUT2D eigenvalue weighted by molar-refractivity contribution is 0.0696. The maximum atomic E-state index is 12.3. The number of anilines is 1. The first-order chi connectivity index (χ1) is 9.88. The first-order valence-electron chi connectivity index (χ1n) is 6.40. The largest absolute Gasteiger partial charge is 0.478 e. The third kappa shape index (κ3) is 3.52. The van der Waals surface area contributed by atoms with Gasteiger partial charge >= 0.3 is 5.97 Å². The van der Waals surface area contributed by atoms with Gasteiger partial charge < -0.3 is 15.0 Å². The van der Waals surface area contributed by atoms with E-state index in [1.807, 2.05) is 24.6 Å². The van der Waals surface area contributed by atoms with E-state index in [1.165, 1.54) is 12.1 Å². The molecule has 0 saturated carbocycles. The summed E-state index contributed by atoms with van der Waals surface area (Å²) in [5.74, 6) is -1.31. The van der Waals surface area contributed by atoms with Crippen LogP contribution in [0.15, 0.2) is 41.0 Å². The summed E-state index contributed by atoms with van der Waals surface area (Å²) in [6.45, 7) is 3.96. The summed E-state index contributed by atoms with van der Waals surface area (Å²) in [4.78, 5) is 23.3. The smallest absolute Gasteiger partial charge is 0.335 e. The van der Waals surface area contributed by atoms with Crippen molar-refractivity contribution in [1.82, 2.24) is 4.57 Å². The highest BCUT2D eigenvalue weighted by Gasteiger charge is 2.15. The lowest BCUT2D eigenvalue weighted by atomic mass is 10.2. The van der Waals surface area contributed by atoms with Crippen molar-refractivity contribution >= 4 is 33.5 Å². The first kappa shape index (κ1) is 15.3. The lowest BCUT2D eigenvalue weighted by Crippen LogP contribution is -2.18. The first-order valence-corrected chi connectivity index (χ1v) is 7.20. The van der Waals surface area contributed by atoms with Crippen LogP contribution in [-0.2, 0) is 0 Å². The van der Waals surface area contributed by atoms with Crippen LogP contribution in [0.3, 0.4) is 0 Å². The Kier molecular flexibility index (Phi) is 4.47. The number of amides is 1. The van der Waals surface area contributed by atoms with Crippen molar-refractivity contribution in [2.75, 3.05) is 5.32 Å². The number of halogens is 1. The minimum absolute atomic E-state index is 0.133. The summed E-state index contributed by atoms with van der Waals surface area (Å²) in [7, 11) is 0. The molecule has 1 amide bonds. The number of carbonyl (C=O) groups excluding carboxylic acids is 1. The molecule has 0 spiro atoms. The Morgan fingerprint density at radius 1 is 1.29 bits per heavy atom. The topological polar surface area (TPSA) is 71.3 Å². The van der Waals surface area contributed by atoms with Crippen LogP contribution in [0.25, 0.3) is 0 Å². The Balaban J connectivity index is 2.26. The number of carbonyl (C=O) groups is 2. The highest BCUT2D eigenvalue weighted by Crippen LogP contribution is 2.21. The third-order valence-electron chi connectivity index (χ3n) is 2.97. The minimum atomic E-state index is -1.03. The molecular weight excluding hydrogens is 336 g/mol. The zero-order chi connectivity index (χ0) is 15.6. The third-order valence-corrected chi connectivity index (χ3v) is 3.41. The number of hydrogen-bond acceptors (Lipinski definition) is 2. The molecule has 5 nitrogen and oxygen atoms in total. The molecule has 2 aromatic rings. The number of aromatic carboxylic acids is 1. The molecule has 6 heteroatoms. The molecule has 0 atom stereocenters. The highest BCUT2D eigenvalue weighted by atomic mass is 79.9. The van der Waals surface area contributed by atoms with Crippen LogP contribution >= 0.6 is 15.9 Å². The number of aromatic nitrogens is 1. The number of hydrogen-bond donors (Lipinski definition) is 2. The molecule has 21 heavy (non-hydrogen) atoms. The predicted octanol–water partition coefficient (Wildman–Crippen LogP) is 3.78. The van der Waals surface area contributed by atoms with Gasteiger partial charge in [-0.3, -0.25) is 4.79 Å². The van der Waals surface area contributed by atoms with E-state index < -0.39 is 5.97 Å². The second-order valence-electron chi connectivity index (χ2n) is 4.88. The molecule has 0 aliphatic carbocycles. The molecule has 0 aliphatic rings. The van der Waals surface area contributed by atoms with E-state index in [9.17, 15) is 9.59 Å². The lowest BCUT2D eigenvalue weighted by Gasteiger charge is -2.13. The van der Waals surface area contributed by atoms with E-state index >= 15 is 0 Å². The van der Waals surface area contributed by atoms with Gasteiger partial charge in [0.05, 0.1) is 5.56 Å². The average molecular weight is 351 g/mol. The van der Waals surface area contributed by atoms with Gasteiger partial charge in [-0.2, -0.15) is 0 Å². The van der Waals surface area contributed by atoms with Gasteiger partial charge in [-0.1, -0.05) is 6.07 Å². The molecule has 2 rings (SSSR count). The number of nitrogens with one attached hydrogen (secondary N) is 1. The summed E-state index contributed by atoms with van der Waals surface area (Å²) in [6.07, 6.45) is 1.84. The summed E-state index contributed by atoms with van der Waals surface area (Å²) >= 11 is 3.36. The second kappa shape index (κ2) is 6.13. The summed E-state index contributed by atoms with van der Waals surface area (Å²) in [5.41, 5.74) is 1.10. The Hall–Kier alpha value is -2.08. The Bertz CT molecular complexity index is 692. The van der Waals surface area contributed by atoms with Gasteiger partial charge in [-0.15, -0.1) is 0 Å². The molecule has 110 valence electrons. The quantitative estimate of drug-likeness (QED) is 0.881. The molecule has 1 aromatic carbocycles. The van der Waals surface area contributed by atoms with Gasteiger partial charge in [-0.05, 0) is 54.0 Å². The molecule has 0 radical (unpaired) electrons. The van der Waals surface area contributed by atoms with Gasteiger partial charge in [-0.25, -0.2) is 4.79 Å². The maximum absolute atomic E-state index is 12.3. The van der Waals surface area contributed by atoms with Crippen molar-refractivity contribution in [3.8, 4) is 0 Å². The Morgan fingerprint density at radius 3 is 2.62 bits per heavy atom. The van der Waals surface area contributed by atoms with Crippen molar-refractivity contribution in [3.63, 3.8) is 0 Å². The Morgan fingerprint density at radius 2 is 2.00 bits per heavy atom. The van der Waals surface area contributed by atoms with Gasteiger partial charge in [0.15, 0.2) is 0 Å². The molecule has 0 aliphatic heterocycles.